The lowest BCUT2D eigenvalue weighted by molar-refractivity contribution is 0.0733. The molecule has 0 saturated carbocycles. The Balaban J connectivity index is 1.65. The summed E-state index contributed by atoms with van der Waals surface area (Å²) < 4.78 is 5.34. The van der Waals surface area contributed by atoms with Crippen LogP contribution >= 0.6 is 0 Å². The summed E-state index contributed by atoms with van der Waals surface area (Å²) in [5.41, 5.74) is 1.84. The number of amides is 1. The lowest BCUT2D eigenvalue weighted by atomic mass is 10.2. The van der Waals surface area contributed by atoms with Gasteiger partial charge in [0.1, 0.15) is 5.69 Å². The van der Waals surface area contributed by atoms with Gasteiger partial charge in [-0.3, -0.25) is 9.78 Å². The standard InChI is InChI=1S/C14H16N4O2/c19-14(17-7-10-9-20-6-5-15-10)13-8-16-11-3-1-2-4-12(11)18-13/h1-4,8,10,15H,5-7,9H2,(H,17,19). The van der Waals surface area contributed by atoms with Crippen molar-refractivity contribution in [1.82, 2.24) is 20.6 Å². The molecule has 1 aromatic carbocycles. The van der Waals surface area contributed by atoms with E-state index in [1.165, 1.54) is 6.20 Å². The second kappa shape index (κ2) is 5.94. The van der Waals surface area contributed by atoms with Crippen molar-refractivity contribution in [2.75, 3.05) is 26.3 Å². The third kappa shape index (κ3) is 2.92. The number of rotatable bonds is 3. The van der Waals surface area contributed by atoms with Gasteiger partial charge in [0.25, 0.3) is 5.91 Å². The maximum atomic E-state index is 12.0. The molecular formula is C14H16N4O2. The second-order valence-corrected chi connectivity index (χ2v) is 4.68. The molecule has 20 heavy (non-hydrogen) atoms. The summed E-state index contributed by atoms with van der Waals surface area (Å²) in [6.07, 6.45) is 1.50. The Morgan fingerprint density at radius 1 is 1.40 bits per heavy atom. The summed E-state index contributed by atoms with van der Waals surface area (Å²) in [4.78, 5) is 20.6. The molecule has 2 N–H and O–H groups in total. The highest BCUT2D eigenvalue weighted by Gasteiger charge is 2.15. The van der Waals surface area contributed by atoms with Gasteiger partial charge in [0, 0.05) is 19.1 Å². The highest BCUT2D eigenvalue weighted by Crippen LogP contribution is 2.08. The highest BCUT2D eigenvalue weighted by atomic mass is 16.5. The first kappa shape index (κ1) is 13.0. The number of ether oxygens (including phenoxy) is 1. The number of nitrogens with one attached hydrogen (secondary N) is 2. The summed E-state index contributed by atoms with van der Waals surface area (Å²) in [5.74, 6) is -0.212. The molecule has 1 atom stereocenters. The number of fused-ring (bicyclic) bond motifs is 1. The average Bonchev–Trinajstić information content (AvgIpc) is 2.53. The van der Waals surface area contributed by atoms with Crippen LogP contribution in [-0.4, -0.2) is 48.2 Å². The number of benzene rings is 1. The van der Waals surface area contributed by atoms with Crippen molar-refractivity contribution in [1.29, 1.82) is 0 Å². The van der Waals surface area contributed by atoms with E-state index >= 15 is 0 Å². The Morgan fingerprint density at radius 2 is 2.25 bits per heavy atom. The van der Waals surface area contributed by atoms with Gasteiger partial charge in [-0.1, -0.05) is 12.1 Å². The minimum atomic E-state index is -0.212. The molecule has 104 valence electrons. The van der Waals surface area contributed by atoms with Gasteiger partial charge in [0.15, 0.2) is 0 Å². The molecule has 1 aromatic heterocycles. The lowest BCUT2D eigenvalue weighted by Gasteiger charge is -2.23. The van der Waals surface area contributed by atoms with E-state index in [9.17, 15) is 4.79 Å². The summed E-state index contributed by atoms with van der Waals surface area (Å²) in [6.45, 7) is 2.67. The minimum Gasteiger partial charge on any atom is -0.378 e. The van der Waals surface area contributed by atoms with Crippen LogP contribution in [0.25, 0.3) is 11.0 Å². The largest absolute Gasteiger partial charge is 0.378 e. The van der Waals surface area contributed by atoms with E-state index < -0.39 is 0 Å². The highest BCUT2D eigenvalue weighted by molar-refractivity contribution is 5.93. The smallest absolute Gasteiger partial charge is 0.271 e. The number of para-hydroxylation sites is 2. The molecule has 1 amide bonds. The van der Waals surface area contributed by atoms with E-state index in [4.69, 9.17) is 4.74 Å². The predicted octanol–water partition coefficient (Wildman–Crippen LogP) is 0.348. The van der Waals surface area contributed by atoms with Crippen molar-refractivity contribution in [3.8, 4) is 0 Å². The number of aromatic nitrogens is 2. The van der Waals surface area contributed by atoms with Crippen LogP contribution in [0.2, 0.25) is 0 Å². The van der Waals surface area contributed by atoms with Gasteiger partial charge in [-0.2, -0.15) is 0 Å². The molecule has 0 radical (unpaired) electrons. The zero-order valence-corrected chi connectivity index (χ0v) is 11.0. The van der Waals surface area contributed by atoms with Crippen LogP contribution in [0.15, 0.2) is 30.5 Å². The fraction of sp³-hybridized carbons (Fsp3) is 0.357. The van der Waals surface area contributed by atoms with Crippen LogP contribution in [0.1, 0.15) is 10.5 Å². The molecular weight excluding hydrogens is 256 g/mol. The Labute approximate surface area is 116 Å². The maximum absolute atomic E-state index is 12.0. The summed E-state index contributed by atoms with van der Waals surface area (Å²) in [6, 6.07) is 7.64. The SMILES string of the molecule is O=C(NCC1COCCN1)c1cnc2ccccc2n1. The van der Waals surface area contributed by atoms with E-state index in [1.54, 1.807) is 0 Å². The van der Waals surface area contributed by atoms with Crippen molar-refractivity contribution in [3.05, 3.63) is 36.2 Å². The first-order valence-corrected chi connectivity index (χ1v) is 6.64. The zero-order chi connectivity index (χ0) is 13.8. The lowest BCUT2D eigenvalue weighted by Crippen LogP contribution is -2.48. The molecule has 2 heterocycles. The van der Waals surface area contributed by atoms with Gasteiger partial charge in [0.05, 0.1) is 30.4 Å². The van der Waals surface area contributed by atoms with Crippen molar-refractivity contribution in [2.45, 2.75) is 6.04 Å². The fourth-order valence-corrected chi connectivity index (χ4v) is 2.12. The van der Waals surface area contributed by atoms with Crippen LogP contribution in [-0.2, 0) is 4.74 Å². The van der Waals surface area contributed by atoms with Crippen molar-refractivity contribution >= 4 is 16.9 Å². The Morgan fingerprint density at radius 3 is 3.05 bits per heavy atom. The van der Waals surface area contributed by atoms with Crippen LogP contribution < -0.4 is 10.6 Å². The molecule has 1 fully saturated rings. The fourth-order valence-electron chi connectivity index (χ4n) is 2.12. The number of hydrogen-bond donors (Lipinski definition) is 2. The average molecular weight is 272 g/mol. The first-order valence-electron chi connectivity index (χ1n) is 6.64. The molecule has 6 nitrogen and oxygen atoms in total. The van der Waals surface area contributed by atoms with Gasteiger partial charge >= 0.3 is 0 Å². The Hall–Kier alpha value is -2.05. The number of carbonyl (C=O) groups is 1. The second-order valence-electron chi connectivity index (χ2n) is 4.68. The monoisotopic (exact) mass is 272 g/mol. The summed E-state index contributed by atoms with van der Waals surface area (Å²) >= 11 is 0. The van der Waals surface area contributed by atoms with E-state index in [0.29, 0.717) is 18.8 Å². The first-order chi connectivity index (χ1) is 9.83. The molecule has 1 aliphatic rings. The molecule has 0 bridgehead atoms. The quantitative estimate of drug-likeness (QED) is 0.843. The number of nitrogens with zero attached hydrogens (tertiary/aromatic N) is 2. The summed E-state index contributed by atoms with van der Waals surface area (Å²) in [5, 5.41) is 6.13. The van der Waals surface area contributed by atoms with Gasteiger partial charge in [-0.15, -0.1) is 0 Å². The number of carbonyl (C=O) groups excluding carboxylic acids is 1. The molecule has 3 rings (SSSR count). The summed E-state index contributed by atoms with van der Waals surface area (Å²) in [7, 11) is 0. The number of hydrogen-bond acceptors (Lipinski definition) is 5. The molecule has 0 aliphatic carbocycles. The maximum Gasteiger partial charge on any atom is 0.271 e. The van der Waals surface area contributed by atoms with E-state index in [2.05, 4.69) is 20.6 Å². The number of morpholine rings is 1. The van der Waals surface area contributed by atoms with Gasteiger partial charge in [-0.05, 0) is 12.1 Å². The van der Waals surface area contributed by atoms with Crippen LogP contribution in [0.4, 0.5) is 0 Å². The van der Waals surface area contributed by atoms with Gasteiger partial charge < -0.3 is 15.4 Å². The third-order valence-electron chi connectivity index (χ3n) is 3.19. The molecule has 2 aromatic rings. The zero-order valence-electron chi connectivity index (χ0n) is 11.0. The third-order valence-corrected chi connectivity index (χ3v) is 3.19. The van der Waals surface area contributed by atoms with Gasteiger partial charge in [0.2, 0.25) is 0 Å². The molecule has 1 aliphatic heterocycles. The molecule has 1 saturated heterocycles. The van der Waals surface area contributed by atoms with Crippen LogP contribution in [0.3, 0.4) is 0 Å². The molecule has 0 spiro atoms. The Bertz CT molecular complexity index is 611. The van der Waals surface area contributed by atoms with Crippen LogP contribution in [0.5, 0.6) is 0 Å². The molecule has 1 unspecified atom stereocenters. The van der Waals surface area contributed by atoms with E-state index in [-0.39, 0.29) is 11.9 Å². The normalized spacial score (nSPS) is 18.9. The van der Waals surface area contributed by atoms with Crippen molar-refractivity contribution in [2.24, 2.45) is 0 Å². The Kier molecular flexibility index (Phi) is 3.85. The van der Waals surface area contributed by atoms with E-state index in [0.717, 1.165) is 24.2 Å². The van der Waals surface area contributed by atoms with Crippen LogP contribution in [0, 0.1) is 0 Å². The topological polar surface area (TPSA) is 76.1 Å². The van der Waals surface area contributed by atoms with E-state index in [1.807, 2.05) is 24.3 Å². The minimum absolute atomic E-state index is 0.154. The van der Waals surface area contributed by atoms with Crippen molar-refractivity contribution in [3.63, 3.8) is 0 Å². The molecule has 6 heteroatoms. The van der Waals surface area contributed by atoms with Crippen molar-refractivity contribution < 1.29 is 9.53 Å². The predicted molar refractivity (Wildman–Crippen MR) is 74.5 cm³/mol. The van der Waals surface area contributed by atoms with Gasteiger partial charge in [-0.25, -0.2) is 4.98 Å².